The van der Waals surface area contributed by atoms with Gasteiger partial charge in [-0.1, -0.05) is 25.4 Å². The van der Waals surface area contributed by atoms with Crippen LogP contribution in [0.2, 0.25) is 5.02 Å². The number of halogens is 1. The van der Waals surface area contributed by atoms with Crippen LogP contribution in [0.1, 0.15) is 38.6 Å². The molecule has 0 fully saturated rings. The third kappa shape index (κ3) is 4.98. The summed E-state index contributed by atoms with van der Waals surface area (Å²) < 4.78 is 29.2. The summed E-state index contributed by atoms with van der Waals surface area (Å²) in [4.78, 5) is 17.4. The maximum atomic E-state index is 12.9. The lowest BCUT2D eigenvalue weighted by Gasteiger charge is -2.18. The molecule has 0 spiro atoms. The van der Waals surface area contributed by atoms with Crippen molar-refractivity contribution in [2.24, 2.45) is 0 Å². The second-order valence-corrected chi connectivity index (χ2v) is 9.89. The van der Waals surface area contributed by atoms with Gasteiger partial charge in [0.05, 0.1) is 15.9 Å². The summed E-state index contributed by atoms with van der Waals surface area (Å²) in [6, 6.07) is 10.4. The van der Waals surface area contributed by atoms with Gasteiger partial charge in [-0.2, -0.15) is 4.31 Å². The van der Waals surface area contributed by atoms with Crippen LogP contribution in [-0.4, -0.2) is 41.3 Å². The summed E-state index contributed by atoms with van der Waals surface area (Å²) in [5.41, 5.74) is 3.10. The molecule has 9 heteroatoms. The van der Waals surface area contributed by atoms with Crippen molar-refractivity contribution in [3.63, 3.8) is 0 Å². The van der Waals surface area contributed by atoms with Crippen molar-refractivity contribution >= 4 is 44.3 Å². The molecular formula is C23H29ClN4O3S. The number of rotatable bonds is 9. The van der Waals surface area contributed by atoms with E-state index in [9.17, 15) is 13.2 Å². The van der Waals surface area contributed by atoms with Crippen molar-refractivity contribution in [3.8, 4) is 0 Å². The van der Waals surface area contributed by atoms with E-state index in [1.165, 1.54) is 4.31 Å². The van der Waals surface area contributed by atoms with E-state index in [0.717, 1.165) is 22.6 Å². The molecule has 0 unspecified atom stereocenters. The largest absolute Gasteiger partial charge is 0.328 e. The van der Waals surface area contributed by atoms with Crippen molar-refractivity contribution in [2.45, 2.75) is 52.0 Å². The number of hydrogen-bond acceptors (Lipinski definition) is 4. The van der Waals surface area contributed by atoms with Gasteiger partial charge < -0.3 is 9.88 Å². The van der Waals surface area contributed by atoms with Crippen LogP contribution in [0, 0.1) is 6.92 Å². The van der Waals surface area contributed by atoms with Gasteiger partial charge >= 0.3 is 0 Å². The number of aryl methyl sites for hydroxylation is 3. The van der Waals surface area contributed by atoms with Crippen molar-refractivity contribution in [2.75, 3.05) is 18.4 Å². The fourth-order valence-electron chi connectivity index (χ4n) is 3.78. The molecule has 0 saturated heterocycles. The van der Waals surface area contributed by atoms with Crippen molar-refractivity contribution in [3.05, 3.63) is 52.8 Å². The Kier molecular flexibility index (Phi) is 7.59. The zero-order chi connectivity index (χ0) is 23.5. The first-order valence-electron chi connectivity index (χ1n) is 10.8. The van der Waals surface area contributed by atoms with Crippen LogP contribution in [0.3, 0.4) is 0 Å². The molecule has 32 heavy (non-hydrogen) atoms. The van der Waals surface area contributed by atoms with Crippen molar-refractivity contribution in [1.82, 2.24) is 13.9 Å². The highest BCUT2D eigenvalue weighted by Crippen LogP contribution is 2.24. The average molecular weight is 477 g/mol. The number of sulfonamides is 1. The summed E-state index contributed by atoms with van der Waals surface area (Å²) in [6.45, 7) is 9.03. The summed E-state index contributed by atoms with van der Waals surface area (Å²) in [5.74, 6) is 0.637. The van der Waals surface area contributed by atoms with Crippen LogP contribution in [0.5, 0.6) is 0 Å². The number of aromatic nitrogens is 2. The van der Waals surface area contributed by atoms with Gasteiger partial charge in [0.2, 0.25) is 15.9 Å². The van der Waals surface area contributed by atoms with Gasteiger partial charge in [0, 0.05) is 43.2 Å². The monoisotopic (exact) mass is 476 g/mol. The number of nitrogens with zero attached hydrogens (tertiary/aromatic N) is 3. The van der Waals surface area contributed by atoms with Gasteiger partial charge in [-0.25, -0.2) is 13.4 Å². The minimum atomic E-state index is -3.56. The third-order valence-corrected chi connectivity index (χ3v) is 7.78. The normalized spacial score (nSPS) is 11.9. The predicted molar refractivity (Wildman–Crippen MR) is 129 cm³/mol. The molecule has 0 aliphatic rings. The Morgan fingerprint density at radius 1 is 1.12 bits per heavy atom. The number of imidazole rings is 1. The molecule has 0 aliphatic heterocycles. The predicted octanol–water partition coefficient (Wildman–Crippen LogP) is 4.62. The summed E-state index contributed by atoms with van der Waals surface area (Å²) in [6.07, 6.45) is 0.703. The zero-order valence-corrected chi connectivity index (χ0v) is 20.4. The lowest BCUT2D eigenvalue weighted by molar-refractivity contribution is -0.116. The van der Waals surface area contributed by atoms with Crippen molar-refractivity contribution < 1.29 is 13.2 Å². The molecule has 1 aromatic heterocycles. The number of nitrogens with one attached hydrogen (secondary N) is 1. The van der Waals surface area contributed by atoms with Crippen LogP contribution in [0.4, 0.5) is 5.69 Å². The minimum absolute atomic E-state index is 0.116. The summed E-state index contributed by atoms with van der Waals surface area (Å²) in [7, 11) is -3.56. The Bertz CT molecular complexity index is 1230. The fraction of sp³-hybridized carbons (Fsp3) is 0.391. The summed E-state index contributed by atoms with van der Waals surface area (Å²) in [5, 5.41) is 3.54. The van der Waals surface area contributed by atoms with Gasteiger partial charge in [-0.05, 0) is 55.8 Å². The number of fused-ring (bicyclic) bond motifs is 1. The molecule has 0 atom stereocenters. The van der Waals surface area contributed by atoms with E-state index in [4.69, 9.17) is 11.6 Å². The Morgan fingerprint density at radius 3 is 2.47 bits per heavy atom. The molecule has 3 aromatic rings. The third-order valence-electron chi connectivity index (χ3n) is 5.50. The first-order chi connectivity index (χ1) is 15.2. The van der Waals surface area contributed by atoms with Crippen LogP contribution in [0.15, 0.2) is 41.3 Å². The van der Waals surface area contributed by atoms with E-state index in [1.807, 2.05) is 32.3 Å². The van der Waals surface area contributed by atoms with Crippen LogP contribution < -0.4 is 5.32 Å². The second-order valence-electron chi connectivity index (χ2n) is 7.52. The molecule has 0 saturated carbocycles. The van der Waals surface area contributed by atoms with E-state index < -0.39 is 10.0 Å². The van der Waals surface area contributed by atoms with E-state index in [1.54, 1.807) is 36.4 Å². The van der Waals surface area contributed by atoms with Gasteiger partial charge in [0.1, 0.15) is 5.82 Å². The molecule has 0 bridgehead atoms. The first kappa shape index (κ1) is 24.2. The highest BCUT2D eigenvalue weighted by molar-refractivity contribution is 7.89. The molecule has 0 aliphatic carbocycles. The van der Waals surface area contributed by atoms with E-state index in [-0.39, 0.29) is 17.2 Å². The lowest BCUT2D eigenvalue weighted by atomic mass is 10.2. The smallest absolute Gasteiger partial charge is 0.243 e. The average Bonchev–Trinajstić information content (AvgIpc) is 3.11. The highest BCUT2D eigenvalue weighted by Gasteiger charge is 2.23. The molecule has 1 N–H and O–H groups in total. The standard InChI is InChI=1S/C23H29ClN4O3S/c1-5-27(6-2)32(30,31)18-9-11-21-20(15-18)25-22(28(21)7-3)12-13-23(29)26-19-10-8-17(24)14-16(19)4/h8-11,14-15H,5-7,12-13H2,1-4H3,(H,26,29). The number of hydrogen-bond donors (Lipinski definition) is 1. The maximum Gasteiger partial charge on any atom is 0.243 e. The van der Waals surface area contributed by atoms with Crippen LogP contribution in [-0.2, 0) is 27.8 Å². The first-order valence-corrected chi connectivity index (χ1v) is 12.6. The van der Waals surface area contributed by atoms with Gasteiger partial charge in [-0.15, -0.1) is 0 Å². The quantitative estimate of drug-likeness (QED) is 0.488. The van der Waals surface area contributed by atoms with E-state index in [2.05, 4.69) is 10.3 Å². The van der Waals surface area contributed by atoms with E-state index in [0.29, 0.717) is 36.6 Å². The van der Waals surface area contributed by atoms with Gasteiger partial charge in [0.15, 0.2) is 0 Å². The van der Waals surface area contributed by atoms with Gasteiger partial charge in [0.25, 0.3) is 0 Å². The molecule has 1 heterocycles. The zero-order valence-electron chi connectivity index (χ0n) is 18.9. The number of carbonyl (C=O) groups is 1. The molecule has 1 amide bonds. The topological polar surface area (TPSA) is 84.3 Å². The van der Waals surface area contributed by atoms with Gasteiger partial charge in [-0.3, -0.25) is 4.79 Å². The number of amides is 1. The van der Waals surface area contributed by atoms with E-state index >= 15 is 0 Å². The Hall–Kier alpha value is -2.42. The highest BCUT2D eigenvalue weighted by atomic mass is 35.5. The molecule has 3 rings (SSSR count). The molecule has 172 valence electrons. The molecule has 7 nitrogen and oxygen atoms in total. The minimum Gasteiger partial charge on any atom is -0.328 e. The molecule has 2 aromatic carbocycles. The van der Waals surface area contributed by atoms with Crippen LogP contribution >= 0.6 is 11.6 Å². The number of anilines is 1. The number of benzene rings is 2. The lowest BCUT2D eigenvalue weighted by Crippen LogP contribution is -2.30. The Labute approximate surface area is 194 Å². The van der Waals surface area contributed by atoms with Crippen molar-refractivity contribution in [1.29, 1.82) is 0 Å². The second kappa shape index (κ2) is 10.0. The Morgan fingerprint density at radius 2 is 1.84 bits per heavy atom. The number of carbonyl (C=O) groups excluding carboxylic acids is 1. The maximum absolute atomic E-state index is 12.9. The Balaban J connectivity index is 1.81. The molecule has 0 radical (unpaired) electrons. The SMILES string of the molecule is CCN(CC)S(=O)(=O)c1ccc2c(c1)nc(CCC(=O)Nc1ccc(Cl)cc1C)n2CC. The molecular weight excluding hydrogens is 448 g/mol. The fourth-order valence-corrected chi connectivity index (χ4v) is 5.49. The van der Waals surface area contributed by atoms with Crippen LogP contribution in [0.25, 0.3) is 11.0 Å². The summed E-state index contributed by atoms with van der Waals surface area (Å²) >= 11 is 5.98.